The van der Waals surface area contributed by atoms with Crippen molar-refractivity contribution in [3.63, 3.8) is 0 Å². The van der Waals surface area contributed by atoms with Crippen LogP contribution in [0.1, 0.15) is 35.2 Å². The van der Waals surface area contributed by atoms with Gasteiger partial charge in [-0.15, -0.1) is 0 Å². The van der Waals surface area contributed by atoms with E-state index in [9.17, 15) is 22.0 Å². The van der Waals surface area contributed by atoms with Crippen molar-refractivity contribution in [1.82, 2.24) is 5.32 Å². The van der Waals surface area contributed by atoms with Crippen LogP contribution in [0, 0.1) is 25.5 Å². The van der Waals surface area contributed by atoms with Crippen LogP contribution in [0.2, 0.25) is 0 Å². The van der Waals surface area contributed by atoms with Gasteiger partial charge in [0, 0.05) is 6.07 Å². The summed E-state index contributed by atoms with van der Waals surface area (Å²) < 4.78 is 53.1. The van der Waals surface area contributed by atoms with Crippen LogP contribution in [-0.4, -0.2) is 26.6 Å². The number of nitrogens with one attached hydrogen (secondary N) is 1. The lowest BCUT2D eigenvalue weighted by Crippen LogP contribution is -2.49. The number of rotatable bonds is 7. The Balaban J connectivity index is 2.00. The molecule has 1 amide bonds. The molecule has 33 heavy (non-hydrogen) atoms. The zero-order valence-electron chi connectivity index (χ0n) is 18.8. The van der Waals surface area contributed by atoms with Gasteiger partial charge in [0.05, 0.1) is 18.0 Å². The van der Waals surface area contributed by atoms with Gasteiger partial charge in [-0.2, -0.15) is 0 Å². The summed E-state index contributed by atoms with van der Waals surface area (Å²) in [5.74, 6) is -2.89. The molecule has 0 unspecified atom stereocenters. The van der Waals surface area contributed by atoms with Crippen LogP contribution in [0.15, 0.2) is 66.7 Å². The van der Waals surface area contributed by atoms with E-state index in [1.165, 1.54) is 6.92 Å². The highest BCUT2D eigenvalue weighted by Gasteiger charge is 2.31. The summed E-state index contributed by atoms with van der Waals surface area (Å²) in [6, 6.07) is 16.2. The van der Waals surface area contributed by atoms with Crippen LogP contribution in [0.3, 0.4) is 0 Å². The largest absolute Gasteiger partial charge is 0.343 e. The Morgan fingerprint density at radius 2 is 1.61 bits per heavy atom. The normalized spacial score (nSPS) is 13.3. The molecule has 174 valence electrons. The molecule has 0 bridgehead atoms. The van der Waals surface area contributed by atoms with Crippen molar-refractivity contribution >= 4 is 21.6 Å². The van der Waals surface area contributed by atoms with E-state index >= 15 is 0 Å². The predicted molar refractivity (Wildman–Crippen MR) is 125 cm³/mol. The fourth-order valence-corrected chi connectivity index (χ4v) is 5.00. The Morgan fingerprint density at radius 3 is 2.18 bits per heavy atom. The lowest BCUT2D eigenvalue weighted by atomic mass is 9.93. The smallest absolute Gasteiger partial charge is 0.244 e. The van der Waals surface area contributed by atoms with E-state index in [2.05, 4.69) is 5.32 Å². The van der Waals surface area contributed by atoms with Gasteiger partial charge < -0.3 is 5.32 Å². The van der Waals surface area contributed by atoms with E-state index in [1.807, 2.05) is 62.4 Å². The van der Waals surface area contributed by atoms with Gasteiger partial charge in [-0.05, 0) is 49.6 Å². The number of amides is 1. The summed E-state index contributed by atoms with van der Waals surface area (Å²) in [5.41, 5.74) is 3.60. The minimum absolute atomic E-state index is 0.137. The molecule has 0 saturated heterocycles. The van der Waals surface area contributed by atoms with Crippen LogP contribution >= 0.6 is 0 Å². The quantitative estimate of drug-likeness (QED) is 0.545. The van der Waals surface area contributed by atoms with E-state index in [1.54, 1.807) is 0 Å². The number of carbonyl (C=O) groups is 1. The van der Waals surface area contributed by atoms with Crippen molar-refractivity contribution in [2.45, 2.75) is 32.9 Å². The highest BCUT2D eigenvalue weighted by atomic mass is 32.2. The van der Waals surface area contributed by atoms with Gasteiger partial charge in [-0.3, -0.25) is 9.10 Å². The lowest BCUT2D eigenvalue weighted by molar-refractivity contribution is -0.122. The second-order valence-electron chi connectivity index (χ2n) is 8.05. The molecule has 0 aliphatic carbocycles. The molecule has 5 nitrogen and oxygen atoms in total. The van der Waals surface area contributed by atoms with Crippen LogP contribution < -0.4 is 9.62 Å². The Bertz CT molecular complexity index is 1260. The SMILES string of the molecule is Cc1ccc([C@@H](NC(=O)[C@H](C)N(c2ccc(F)c(F)c2)S(C)(=O)=O)c2ccccc2)c(C)c1. The Morgan fingerprint density at radius 1 is 0.939 bits per heavy atom. The van der Waals surface area contributed by atoms with Gasteiger partial charge in [0.1, 0.15) is 6.04 Å². The van der Waals surface area contributed by atoms with Gasteiger partial charge in [0.25, 0.3) is 0 Å². The van der Waals surface area contributed by atoms with Gasteiger partial charge in [0.15, 0.2) is 11.6 Å². The number of nitrogens with zero attached hydrogens (tertiary/aromatic N) is 1. The molecule has 0 radical (unpaired) electrons. The molecule has 3 aromatic rings. The standard InChI is InChI=1S/C25H26F2N2O3S/c1-16-10-12-21(17(2)14-16)24(19-8-6-5-7-9-19)28-25(30)18(3)29(33(4,31)32)20-11-13-22(26)23(27)15-20/h5-15,18,24H,1-4H3,(H,28,30)/t18-,24-/m0/s1. The number of halogens is 2. The minimum Gasteiger partial charge on any atom is -0.343 e. The monoisotopic (exact) mass is 472 g/mol. The van der Waals surface area contributed by atoms with E-state index in [4.69, 9.17) is 0 Å². The molecule has 0 saturated carbocycles. The van der Waals surface area contributed by atoms with Crippen LogP contribution in [0.25, 0.3) is 0 Å². The first-order valence-corrected chi connectivity index (χ1v) is 12.2. The molecule has 0 fully saturated rings. The Kier molecular flexibility index (Phi) is 7.17. The Labute approximate surface area is 193 Å². The molecule has 2 atom stereocenters. The van der Waals surface area contributed by atoms with Gasteiger partial charge in [-0.1, -0.05) is 54.1 Å². The molecular formula is C25H26F2N2O3S. The van der Waals surface area contributed by atoms with Gasteiger partial charge >= 0.3 is 0 Å². The maximum absolute atomic E-state index is 13.8. The second kappa shape index (κ2) is 9.70. The number of carbonyl (C=O) groups excluding carboxylic acids is 1. The van der Waals surface area contributed by atoms with Crippen LogP contribution in [0.4, 0.5) is 14.5 Å². The second-order valence-corrected chi connectivity index (χ2v) is 9.90. The first kappa shape index (κ1) is 24.4. The van der Waals surface area contributed by atoms with Crippen molar-refractivity contribution in [2.75, 3.05) is 10.6 Å². The zero-order chi connectivity index (χ0) is 24.3. The first-order chi connectivity index (χ1) is 15.5. The zero-order valence-corrected chi connectivity index (χ0v) is 19.7. The highest BCUT2D eigenvalue weighted by Crippen LogP contribution is 2.28. The summed E-state index contributed by atoms with van der Waals surface area (Å²) in [4.78, 5) is 13.3. The average molecular weight is 473 g/mol. The van der Waals surface area contributed by atoms with Crippen LogP contribution in [0.5, 0.6) is 0 Å². The third-order valence-corrected chi connectivity index (χ3v) is 6.64. The first-order valence-electron chi connectivity index (χ1n) is 10.4. The molecular weight excluding hydrogens is 446 g/mol. The lowest BCUT2D eigenvalue weighted by Gasteiger charge is -2.30. The molecule has 0 spiro atoms. The number of sulfonamides is 1. The maximum Gasteiger partial charge on any atom is 0.244 e. The molecule has 0 aliphatic rings. The molecule has 3 rings (SSSR count). The maximum atomic E-state index is 13.8. The highest BCUT2D eigenvalue weighted by molar-refractivity contribution is 7.92. The molecule has 0 aliphatic heterocycles. The summed E-state index contributed by atoms with van der Waals surface area (Å²) in [6.45, 7) is 5.32. The molecule has 8 heteroatoms. The predicted octanol–water partition coefficient (Wildman–Crippen LogP) is 4.64. The van der Waals surface area contributed by atoms with E-state index in [-0.39, 0.29) is 5.69 Å². The van der Waals surface area contributed by atoms with Crippen molar-refractivity contribution in [3.8, 4) is 0 Å². The molecule has 0 heterocycles. The number of anilines is 1. The minimum atomic E-state index is -3.99. The summed E-state index contributed by atoms with van der Waals surface area (Å²) in [6.07, 6.45) is 0.914. The Hall–Kier alpha value is -3.26. The van der Waals surface area contributed by atoms with E-state index < -0.39 is 39.6 Å². The van der Waals surface area contributed by atoms with Crippen molar-refractivity contribution in [2.24, 2.45) is 0 Å². The number of benzene rings is 3. The third kappa shape index (κ3) is 5.57. The average Bonchev–Trinajstić information content (AvgIpc) is 2.74. The van der Waals surface area contributed by atoms with Crippen molar-refractivity contribution in [1.29, 1.82) is 0 Å². The molecule has 3 aromatic carbocycles. The van der Waals surface area contributed by atoms with Gasteiger partial charge in [0.2, 0.25) is 15.9 Å². The summed E-state index contributed by atoms with van der Waals surface area (Å²) in [5, 5.41) is 2.95. The summed E-state index contributed by atoms with van der Waals surface area (Å²) >= 11 is 0. The number of hydrogen-bond acceptors (Lipinski definition) is 3. The fourth-order valence-electron chi connectivity index (χ4n) is 3.83. The number of hydrogen-bond donors (Lipinski definition) is 1. The van der Waals surface area contributed by atoms with Gasteiger partial charge in [-0.25, -0.2) is 17.2 Å². The number of aryl methyl sites for hydroxylation is 2. The third-order valence-electron chi connectivity index (χ3n) is 5.40. The topological polar surface area (TPSA) is 66.5 Å². The van der Waals surface area contributed by atoms with E-state index in [0.29, 0.717) is 0 Å². The van der Waals surface area contributed by atoms with Crippen molar-refractivity contribution < 1.29 is 22.0 Å². The molecule has 0 aromatic heterocycles. The van der Waals surface area contributed by atoms with Crippen molar-refractivity contribution in [3.05, 3.63) is 101 Å². The van der Waals surface area contributed by atoms with E-state index in [0.717, 1.165) is 51.0 Å². The fraction of sp³-hybridized carbons (Fsp3) is 0.240. The summed E-state index contributed by atoms with van der Waals surface area (Å²) in [7, 11) is -3.99. The van der Waals surface area contributed by atoms with Crippen LogP contribution in [-0.2, 0) is 14.8 Å². The molecule has 1 N–H and O–H groups in total.